The number of fused-ring (bicyclic) bond motifs is 1. The first-order chi connectivity index (χ1) is 27.1. The van der Waals surface area contributed by atoms with Crippen LogP contribution < -0.4 is 15.8 Å². The molecule has 2 amide bonds. The summed E-state index contributed by atoms with van der Waals surface area (Å²) < 4.78 is 71.4. The van der Waals surface area contributed by atoms with Crippen LogP contribution in [0.4, 0.5) is 33.3 Å². The minimum atomic E-state index is -4.66. The molecule has 5 heterocycles. The normalized spacial score (nSPS) is 16.5. The average molecular weight is 815 g/mol. The molecule has 3 aromatic heterocycles. The summed E-state index contributed by atoms with van der Waals surface area (Å²) in [4.78, 5) is 58.7. The molecule has 2 saturated heterocycles. The van der Waals surface area contributed by atoms with Crippen LogP contribution in [0.5, 0.6) is 5.75 Å². The van der Waals surface area contributed by atoms with Crippen molar-refractivity contribution in [1.29, 1.82) is 0 Å². The Bertz CT molecular complexity index is 2430. The Balaban J connectivity index is 1.24. The fourth-order valence-corrected chi connectivity index (χ4v) is 7.30. The highest BCUT2D eigenvalue weighted by Gasteiger charge is 2.33. The predicted molar refractivity (Wildman–Crippen MR) is 198 cm³/mol. The largest absolute Gasteiger partial charge is 0.504 e. The lowest BCUT2D eigenvalue weighted by Crippen LogP contribution is -2.51. The number of carbonyl (C=O) groups is 2. The molecule has 2 fully saturated rings. The Morgan fingerprint density at radius 3 is 2.46 bits per heavy atom. The van der Waals surface area contributed by atoms with Crippen molar-refractivity contribution in [2.75, 3.05) is 49.5 Å². The zero-order valence-electron chi connectivity index (χ0n) is 30.7. The molecular formula is C37H36ClF5N10O4. The van der Waals surface area contributed by atoms with E-state index in [0.29, 0.717) is 30.3 Å². The molecular weight excluding hydrogens is 779 g/mol. The SMILES string of the molecule is CCc1c(N2CCN(C(=O)c3ncnc(C)c3O)CC2)c(=O)n2nc(-c3ccc(CN4CC[C@@H](F)C4)c(F)c3)nc2n1CC(=O)Nc1ccc(C(F)(F)F)cc1Cl. The van der Waals surface area contributed by atoms with Gasteiger partial charge in [-0.25, -0.2) is 18.7 Å². The fraction of sp³-hybridized carbons (Fsp3) is 0.378. The predicted octanol–water partition coefficient (Wildman–Crippen LogP) is 4.88. The molecule has 57 heavy (non-hydrogen) atoms. The number of piperazine rings is 1. The average Bonchev–Trinajstić information content (AvgIpc) is 3.81. The maximum atomic E-state index is 15.4. The van der Waals surface area contributed by atoms with Gasteiger partial charge in [-0.3, -0.25) is 19.3 Å². The van der Waals surface area contributed by atoms with Gasteiger partial charge < -0.3 is 24.8 Å². The van der Waals surface area contributed by atoms with E-state index >= 15 is 4.39 Å². The van der Waals surface area contributed by atoms with Crippen molar-refractivity contribution >= 4 is 40.6 Å². The molecule has 0 saturated carbocycles. The van der Waals surface area contributed by atoms with Crippen molar-refractivity contribution in [3.05, 3.63) is 92.1 Å². The smallest absolute Gasteiger partial charge is 0.416 e. The van der Waals surface area contributed by atoms with Gasteiger partial charge in [0.25, 0.3) is 11.5 Å². The monoisotopic (exact) mass is 814 g/mol. The van der Waals surface area contributed by atoms with E-state index in [4.69, 9.17) is 11.6 Å². The molecule has 0 bridgehead atoms. The van der Waals surface area contributed by atoms with Crippen LogP contribution in [0, 0.1) is 12.7 Å². The second-order valence-corrected chi connectivity index (χ2v) is 14.2. The molecule has 14 nitrogen and oxygen atoms in total. The van der Waals surface area contributed by atoms with Gasteiger partial charge in [0.15, 0.2) is 17.3 Å². The summed E-state index contributed by atoms with van der Waals surface area (Å²) in [6.45, 7) is 4.30. The third-order valence-electron chi connectivity index (χ3n) is 10.0. The van der Waals surface area contributed by atoms with E-state index in [2.05, 4.69) is 25.4 Å². The maximum absolute atomic E-state index is 15.4. The number of hydrogen-bond acceptors (Lipinski definition) is 10. The Labute approximate surface area is 326 Å². The molecule has 0 unspecified atom stereocenters. The van der Waals surface area contributed by atoms with Crippen LogP contribution >= 0.6 is 11.6 Å². The number of anilines is 2. The van der Waals surface area contributed by atoms with Crippen LogP contribution in [-0.2, 0) is 30.5 Å². The van der Waals surface area contributed by atoms with Gasteiger partial charge in [0.05, 0.1) is 27.7 Å². The van der Waals surface area contributed by atoms with Crippen molar-refractivity contribution in [3.63, 3.8) is 0 Å². The van der Waals surface area contributed by atoms with E-state index in [1.165, 1.54) is 28.8 Å². The number of amides is 2. The van der Waals surface area contributed by atoms with Crippen LogP contribution in [0.15, 0.2) is 47.5 Å². The number of benzene rings is 2. The van der Waals surface area contributed by atoms with Crippen molar-refractivity contribution in [3.8, 4) is 17.1 Å². The Kier molecular flexibility index (Phi) is 10.9. The number of carbonyl (C=O) groups excluding carboxylic acids is 2. The highest BCUT2D eigenvalue weighted by Crippen LogP contribution is 2.34. The van der Waals surface area contributed by atoms with Crippen LogP contribution in [0.3, 0.4) is 0 Å². The minimum absolute atomic E-state index is 0.0305. The maximum Gasteiger partial charge on any atom is 0.416 e. The first kappa shape index (κ1) is 39.5. The van der Waals surface area contributed by atoms with Crippen LogP contribution in [0.25, 0.3) is 17.2 Å². The molecule has 2 aromatic carbocycles. The minimum Gasteiger partial charge on any atom is -0.504 e. The van der Waals surface area contributed by atoms with Crippen molar-refractivity contribution in [1.82, 2.24) is 38.9 Å². The lowest BCUT2D eigenvalue weighted by molar-refractivity contribution is -0.137. The van der Waals surface area contributed by atoms with Gasteiger partial charge in [0, 0.05) is 56.9 Å². The van der Waals surface area contributed by atoms with Crippen LogP contribution in [0.1, 0.15) is 46.3 Å². The molecule has 20 heteroatoms. The number of nitrogens with zero attached hydrogens (tertiary/aromatic N) is 9. The van der Waals surface area contributed by atoms with E-state index in [0.717, 1.165) is 16.6 Å². The molecule has 0 radical (unpaired) electrons. The highest BCUT2D eigenvalue weighted by molar-refractivity contribution is 6.33. The zero-order valence-corrected chi connectivity index (χ0v) is 31.4. The number of alkyl halides is 4. The number of aromatic hydroxyl groups is 1. The molecule has 300 valence electrons. The number of likely N-dealkylation sites (tertiary alicyclic amines) is 1. The fourth-order valence-electron chi connectivity index (χ4n) is 7.07. The van der Waals surface area contributed by atoms with Crippen LogP contribution in [0.2, 0.25) is 5.02 Å². The van der Waals surface area contributed by atoms with Gasteiger partial charge in [0.2, 0.25) is 11.7 Å². The molecule has 0 spiro atoms. The number of aromatic nitrogens is 6. The Hall–Kier alpha value is -5.69. The number of nitrogens with one attached hydrogen (secondary N) is 1. The van der Waals surface area contributed by atoms with E-state index < -0.39 is 47.6 Å². The molecule has 0 aliphatic carbocycles. The first-order valence-electron chi connectivity index (χ1n) is 18.0. The second-order valence-electron chi connectivity index (χ2n) is 13.8. The molecule has 5 aromatic rings. The molecule has 2 aliphatic heterocycles. The highest BCUT2D eigenvalue weighted by atomic mass is 35.5. The van der Waals surface area contributed by atoms with E-state index in [-0.39, 0.29) is 96.4 Å². The first-order valence-corrected chi connectivity index (χ1v) is 18.4. The number of aryl methyl sites for hydroxylation is 1. The third-order valence-corrected chi connectivity index (χ3v) is 10.4. The second kappa shape index (κ2) is 15.7. The van der Waals surface area contributed by atoms with Gasteiger partial charge in [0.1, 0.15) is 30.5 Å². The van der Waals surface area contributed by atoms with Crippen LogP contribution in [-0.4, -0.2) is 101 Å². The molecule has 2 aliphatic rings. The quantitative estimate of drug-likeness (QED) is 0.197. The third kappa shape index (κ3) is 7.98. The topological polar surface area (TPSA) is 154 Å². The summed E-state index contributed by atoms with van der Waals surface area (Å²) in [6.07, 6.45) is -3.87. The Morgan fingerprint density at radius 1 is 1.05 bits per heavy atom. The van der Waals surface area contributed by atoms with Gasteiger partial charge in [-0.2, -0.15) is 22.7 Å². The lowest BCUT2D eigenvalue weighted by atomic mass is 10.1. The standard InChI is InChI=1S/C37H36ClF5N10O4/c1-3-28-31(50-10-12-51(13-11-50)34(56)30-32(55)20(2)44-19-45-30)35(57)53-36(52(28)18-29(54)46-27-7-6-23(15-25(27)38)37(41,42)43)47-33(48-53)21-4-5-22(26(40)14-21)16-49-9-8-24(39)17-49/h4-7,14-15,19,24,55H,3,8-13,16-18H2,1-2H3,(H,46,54)/t24-/m1/s1. The van der Waals surface area contributed by atoms with Gasteiger partial charge >= 0.3 is 6.18 Å². The van der Waals surface area contributed by atoms with E-state index in [1.54, 1.807) is 24.0 Å². The lowest BCUT2D eigenvalue weighted by Gasteiger charge is -2.36. The van der Waals surface area contributed by atoms with Crippen molar-refractivity contribution in [2.45, 2.75) is 52.1 Å². The summed E-state index contributed by atoms with van der Waals surface area (Å²) in [5.74, 6) is -2.24. The zero-order chi connectivity index (χ0) is 40.8. The van der Waals surface area contributed by atoms with Crippen molar-refractivity contribution < 1.29 is 36.6 Å². The van der Waals surface area contributed by atoms with Crippen molar-refractivity contribution in [2.24, 2.45) is 0 Å². The van der Waals surface area contributed by atoms with Gasteiger partial charge in [-0.15, -0.1) is 5.10 Å². The Morgan fingerprint density at radius 2 is 1.81 bits per heavy atom. The summed E-state index contributed by atoms with van der Waals surface area (Å²) in [5.41, 5.74) is -0.501. The molecule has 1 atom stereocenters. The molecule has 2 N–H and O–H groups in total. The summed E-state index contributed by atoms with van der Waals surface area (Å²) >= 11 is 6.13. The van der Waals surface area contributed by atoms with Gasteiger partial charge in [-0.05, 0) is 44.0 Å². The number of halogens is 6. The summed E-state index contributed by atoms with van der Waals surface area (Å²) in [7, 11) is 0. The summed E-state index contributed by atoms with van der Waals surface area (Å²) in [5, 5.41) is 17.0. The van der Waals surface area contributed by atoms with E-state index in [9.17, 15) is 37.1 Å². The molecule has 7 rings (SSSR count). The van der Waals surface area contributed by atoms with E-state index in [1.807, 2.05) is 4.90 Å². The number of hydrogen-bond donors (Lipinski definition) is 2. The summed E-state index contributed by atoms with van der Waals surface area (Å²) in [6, 6.07) is 6.85. The van der Waals surface area contributed by atoms with Gasteiger partial charge in [-0.1, -0.05) is 30.7 Å². The number of rotatable bonds is 9.